The summed E-state index contributed by atoms with van der Waals surface area (Å²) in [7, 11) is -3.64. The van der Waals surface area contributed by atoms with Crippen LogP contribution in [0.4, 0.5) is 0 Å². The molecule has 0 bridgehead atoms. The molecule has 2 rings (SSSR count). The molecule has 0 radical (unpaired) electrons. The molecular weight excluding hydrogens is 254 g/mol. The lowest BCUT2D eigenvalue weighted by molar-refractivity contribution is 0.0572. The average Bonchev–Trinajstić information content (AvgIpc) is 2.63. The Labute approximate surface area is 107 Å². The third-order valence-electron chi connectivity index (χ3n) is 3.19. The van der Waals surface area contributed by atoms with Gasteiger partial charge in [-0.1, -0.05) is 12.1 Å². The van der Waals surface area contributed by atoms with Gasteiger partial charge in [-0.2, -0.15) is 4.31 Å². The standard InChI is InChI=1S/C12H17NO4S/c1-8-3-4-9(2)12(5-8)18(16,17)13-6-10(14)11(15)7-13/h3-5,10-11,14-15H,6-7H2,1-2H3. The summed E-state index contributed by atoms with van der Waals surface area (Å²) >= 11 is 0. The zero-order chi connectivity index (χ0) is 13.5. The van der Waals surface area contributed by atoms with Crippen LogP contribution in [0, 0.1) is 13.8 Å². The normalized spacial score (nSPS) is 25.6. The number of β-amino-alcohol motifs (C(OH)–C–C–N with tert-alkyl or cyclic N) is 2. The zero-order valence-electron chi connectivity index (χ0n) is 10.4. The Morgan fingerprint density at radius 3 is 2.28 bits per heavy atom. The molecule has 18 heavy (non-hydrogen) atoms. The van der Waals surface area contributed by atoms with E-state index >= 15 is 0 Å². The lowest BCUT2D eigenvalue weighted by Crippen LogP contribution is -2.30. The van der Waals surface area contributed by atoms with Crippen LogP contribution in [0.25, 0.3) is 0 Å². The first-order valence-corrected chi connectivity index (χ1v) is 7.20. The highest BCUT2D eigenvalue weighted by Crippen LogP contribution is 2.24. The van der Waals surface area contributed by atoms with E-state index in [1.54, 1.807) is 19.1 Å². The average molecular weight is 271 g/mol. The number of aliphatic hydroxyl groups excluding tert-OH is 2. The summed E-state index contributed by atoms with van der Waals surface area (Å²) in [5.41, 5.74) is 1.52. The highest BCUT2D eigenvalue weighted by atomic mass is 32.2. The number of nitrogens with zero attached hydrogens (tertiary/aromatic N) is 1. The van der Waals surface area contributed by atoms with Crippen LogP contribution in [-0.4, -0.2) is 48.2 Å². The van der Waals surface area contributed by atoms with Crippen molar-refractivity contribution in [3.05, 3.63) is 29.3 Å². The zero-order valence-corrected chi connectivity index (χ0v) is 11.2. The van der Waals surface area contributed by atoms with Crippen LogP contribution in [-0.2, 0) is 10.0 Å². The van der Waals surface area contributed by atoms with Gasteiger partial charge in [0, 0.05) is 13.1 Å². The molecule has 6 heteroatoms. The molecule has 1 aliphatic rings. The fourth-order valence-electron chi connectivity index (χ4n) is 2.06. The fourth-order valence-corrected chi connectivity index (χ4v) is 3.84. The molecule has 2 N–H and O–H groups in total. The summed E-state index contributed by atoms with van der Waals surface area (Å²) in [4.78, 5) is 0.240. The van der Waals surface area contributed by atoms with Gasteiger partial charge in [0.2, 0.25) is 10.0 Å². The number of rotatable bonds is 2. The Bertz CT molecular complexity index is 545. The molecule has 1 heterocycles. The topological polar surface area (TPSA) is 77.8 Å². The van der Waals surface area contributed by atoms with E-state index in [0.717, 1.165) is 9.87 Å². The first-order valence-electron chi connectivity index (χ1n) is 5.76. The number of hydrogen-bond donors (Lipinski definition) is 2. The Hall–Kier alpha value is -0.950. The predicted octanol–water partition coefficient (Wildman–Crippen LogP) is 0.0295. The quantitative estimate of drug-likeness (QED) is 0.795. The Morgan fingerprint density at radius 2 is 1.72 bits per heavy atom. The van der Waals surface area contributed by atoms with E-state index < -0.39 is 22.2 Å². The second kappa shape index (κ2) is 4.62. The Morgan fingerprint density at radius 1 is 1.17 bits per heavy atom. The van der Waals surface area contributed by atoms with Crippen molar-refractivity contribution in [3.63, 3.8) is 0 Å². The second-order valence-corrected chi connectivity index (χ2v) is 6.63. The minimum Gasteiger partial charge on any atom is -0.389 e. The number of aryl methyl sites for hydroxylation is 2. The van der Waals surface area contributed by atoms with Gasteiger partial charge in [0.05, 0.1) is 17.1 Å². The lowest BCUT2D eigenvalue weighted by atomic mass is 10.2. The number of hydrogen-bond acceptors (Lipinski definition) is 4. The van der Waals surface area contributed by atoms with Crippen molar-refractivity contribution in [3.8, 4) is 0 Å². The summed E-state index contributed by atoms with van der Waals surface area (Å²) in [5, 5.41) is 18.9. The Kier molecular flexibility index (Phi) is 3.46. The van der Waals surface area contributed by atoms with Gasteiger partial charge in [-0.3, -0.25) is 0 Å². The van der Waals surface area contributed by atoms with E-state index in [2.05, 4.69) is 0 Å². The molecular formula is C12H17NO4S. The van der Waals surface area contributed by atoms with Gasteiger partial charge in [-0.15, -0.1) is 0 Å². The van der Waals surface area contributed by atoms with Crippen LogP contribution in [0.5, 0.6) is 0 Å². The maximum Gasteiger partial charge on any atom is 0.243 e. The second-order valence-electron chi connectivity index (χ2n) is 4.73. The lowest BCUT2D eigenvalue weighted by Gasteiger charge is -2.17. The molecule has 1 fully saturated rings. The Balaban J connectivity index is 2.40. The molecule has 0 aliphatic carbocycles. The van der Waals surface area contributed by atoms with Crippen LogP contribution < -0.4 is 0 Å². The van der Waals surface area contributed by atoms with Gasteiger partial charge in [0.1, 0.15) is 0 Å². The molecule has 2 atom stereocenters. The van der Waals surface area contributed by atoms with E-state index in [4.69, 9.17) is 0 Å². The largest absolute Gasteiger partial charge is 0.389 e. The minimum atomic E-state index is -3.64. The summed E-state index contributed by atoms with van der Waals surface area (Å²) in [6, 6.07) is 5.22. The maximum absolute atomic E-state index is 12.4. The van der Waals surface area contributed by atoms with Crippen molar-refractivity contribution >= 4 is 10.0 Å². The highest BCUT2D eigenvalue weighted by Gasteiger charge is 2.38. The molecule has 0 aromatic heterocycles. The molecule has 1 aromatic carbocycles. The van der Waals surface area contributed by atoms with Gasteiger partial charge in [0.15, 0.2) is 0 Å². The van der Waals surface area contributed by atoms with Crippen LogP contribution in [0.15, 0.2) is 23.1 Å². The molecule has 5 nitrogen and oxygen atoms in total. The van der Waals surface area contributed by atoms with Crippen molar-refractivity contribution in [1.29, 1.82) is 0 Å². The molecule has 0 amide bonds. The maximum atomic E-state index is 12.4. The molecule has 0 saturated carbocycles. The highest BCUT2D eigenvalue weighted by molar-refractivity contribution is 7.89. The van der Waals surface area contributed by atoms with Gasteiger partial charge in [0.25, 0.3) is 0 Å². The monoisotopic (exact) mass is 271 g/mol. The van der Waals surface area contributed by atoms with E-state index in [-0.39, 0.29) is 18.0 Å². The molecule has 100 valence electrons. The van der Waals surface area contributed by atoms with Crippen LogP contribution in [0.3, 0.4) is 0 Å². The summed E-state index contributed by atoms with van der Waals surface area (Å²) in [6.45, 7) is 3.44. The number of sulfonamides is 1. The molecule has 2 unspecified atom stereocenters. The third-order valence-corrected chi connectivity index (χ3v) is 5.16. The first-order chi connectivity index (χ1) is 8.32. The van der Waals surface area contributed by atoms with Gasteiger partial charge in [-0.05, 0) is 31.0 Å². The van der Waals surface area contributed by atoms with Gasteiger partial charge >= 0.3 is 0 Å². The molecule has 1 saturated heterocycles. The number of benzene rings is 1. The van der Waals surface area contributed by atoms with Gasteiger partial charge in [-0.25, -0.2) is 8.42 Å². The number of aliphatic hydroxyl groups is 2. The molecule has 1 aliphatic heterocycles. The van der Waals surface area contributed by atoms with E-state index in [1.165, 1.54) is 0 Å². The minimum absolute atomic E-state index is 0.0586. The van der Waals surface area contributed by atoms with E-state index in [0.29, 0.717) is 5.56 Å². The van der Waals surface area contributed by atoms with Crippen molar-refractivity contribution in [1.82, 2.24) is 4.31 Å². The summed E-state index contributed by atoms with van der Waals surface area (Å²) < 4.78 is 25.9. The summed E-state index contributed by atoms with van der Waals surface area (Å²) in [5.74, 6) is 0. The van der Waals surface area contributed by atoms with Crippen LogP contribution >= 0.6 is 0 Å². The van der Waals surface area contributed by atoms with Crippen molar-refractivity contribution in [2.45, 2.75) is 31.0 Å². The van der Waals surface area contributed by atoms with Crippen molar-refractivity contribution in [2.75, 3.05) is 13.1 Å². The SMILES string of the molecule is Cc1ccc(C)c(S(=O)(=O)N2CC(O)C(O)C2)c1. The van der Waals surface area contributed by atoms with Gasteiger partial charge < -0.3 is 10.2 Å². The fraction of sp³-hybridized carbons (Fsp3) is 0.500. The van der Waals surface area contributed by atoms with E-state index in [9.17, 15) is 18.6 Å². The van der Waals surface area contributed by atoms with E-state index in [1.807, 2.05) is 13.0 Å². The van der Waals surface area contributed by atoms with Crippen LogP contribution in [0.1, 0.15) is 11.1 Å². The predicted molar refractivity (Wildman–Crippen MR) is 66.7 cm³/mol. The third kappa shape index (κ3) is 2.29. The molecule has 0 spiro atoms. The first kappa shape index (κ1) is 13.5. The van der Waals surface area contributed by atoms with Crippen molar-refractivity contribution < 1.29 is 18.6 Å². The smallest absolute Gasteiger partial charge is 0.243 e. The van der Waals surface area contributed by atoms with Crippen LogP contribution in [0.2, 0.25) is 0 Å². The van der Waals surface area contributed by atoms with Crippen molar-refractivity contribution in [2.24, 2.45) is 0 Å². The molecule has 1 aromatic rings. The summed E-state index contributed by atoms with van der Waals surface area (Å²) in [6.07, 6.45) is -2.02.